The summed E-state index contributed by atoms with van der Waals surface area (Å²) >= 11 is 6.59. The van der Waals surface area contributed by atoms with Crippen LogP contribution in [0.25, 0.3) is 33.1 Å². The summed E-state index contributed by atoms with van der Waals surface area (Å²) in [6.07, 6.45) is 6.73. The van der Waals surface area contributed by atoms with Crippen LogP contribution in [0.5, 0.6) is 0 Å². The van der Waals surface area contributed by atoms with Crippen LogP contribution in [0.1, 0.15) is 0 Å². The number of pyridine rings is 2. The van der Waals surface area contributed by atoms with E-state index in [9.17, 15) is 0 Å². The molecule has 0 aliphatic heterocycles. The summed E-state index contributed by atoms with van der Waals surface area (Å²) in [6.45, 7) is 0. The topological polar surface area (TPSA) is 108 Å². The van der Waals surface area contributed by atoms with E-state index in [4.69, 9.17) is 11.6 Å². The molecule has 0 saturated carbocycles. The minimum absolute atomic E-state index is 0.575. The Hall–Kier alpha value is -4.76. The van der Waals surface area contributed by atoms with E-state index in [1.165, 1.54) is 6.33 Å². The van der Waals surface area contributed by atoms with Gasteiger partial charge in [0.1, 0.15) is 18.0 Å². The summed E-state index contributed by atoms with van der Waals surface area (Å²) in [6, 6.07) is 17.7. The van der Waals surface area contributed by atoms with Crippen LogP contribution >= 0.6 is 11.6 Å². The Bertz CT molecular complexity index is 1730. The van der Waals surface area contributed by atoms with Gasteiger partial charge < -0.3 is 15.5 Å². The highest BCUT2D eigenvalue weighted by atomic mass is 35.5. The number of anilines is 5. The van der Waals surface area contributed by atoms with Crippen molar-refractivity contribution in [2.75, 3.05) is 29.6 Å². The molecule has 9 nitrogen and oxygen atoms in total. The zero-order chi connectivity index (χ0) is 25.4. The average Bonchev–Trinajstić information content (AvgIpc) is 3.39. The number of fused-ring (bicyclic) bond motifs is 2. The Kier molecular flexibility index (Phi) is 5.74. The molecule has 10 heteroatoms. The Balaban J connectivity index is 1.40. The largest absolute Gasteiger partial charge is 0.378 e. The van der Waals surface area contributed by atoms with Crippen LogP contribution in [0.2, 0.25) is 5.02 Å². The molecule has 0 spiro atoms. The molecular weight excluding hydrogens is 486 g/mol. The van der Waals surface area contributed by atoms with E-state index in [0.717, 1.165) is 44.5 Å². The first-order chi connectivity index (χ1) is 18.1. The predicted octanol–water partition coefficient (Wildman–Crippen LogP) is 6.17. The van der Waals surface area contributed by atoms with E-state index in [-0.39, 0.29) is 0 Å². The molecule has 0 radical (unpaired) electrons. The maximum Gasteiger partial charge on any atom is 0.159 e. The molecule has 0 aliphatic rings. The summed E-state index contributed by atoms with van der Waals surface area (Å²) in [5.41, 5.74) is 5.05. The van der Waals surface area contributed by atoms with Gasteiger partial charge in [0.25, 0.3) is 0 Å². The first kappa shape index (κ1) is 22.7. The molecule has 182 valence electrons. The lowest BCUT2D eigenvalue weighted by Gasteiger charge is -2.16. The minimum atomic E-state index is 0.575. The second-order valence-corrected chi connectivity index (χ2v) is 9.09. The van der Waals surface area contributed by atoms with Crippen molar-refractivity contribution in [3.63, 3.8) is 0 Å². The van der Waals surface area contributed by atoms with Gasteiger partial charge >= 0.3 is 0 Å². The van der Waals surface area contributed by atoms with Crippen LogP contribution in [0.4, 0.5) is 28.7 Å². The van der Waals surface area contributed by atoms with Crippen LogP contribution in [-0.4, -0.2) is 44.2 Å². The van der Waals surface area contributed by atoms with Crippen molar-refractivity contribution >= 4 is 62.1 Å². The van der Waals surface area contributed by atoms with Gasteiger partial charge in [0.2, 0.25) is 0 Å². The molecule has 3 N–H and O–H groups in total. The molecule has 0 saturated heterocycles. The van der Waals surface area contributed by atoms with E-state index >= 15 is 0 Å². The van der Waals surface area contributed by atoms with Crippen molar-refractivity contribution in [1.29, 1.82) is 0 Å². The molecule has 37 heavy (non-hydrogen) atoms. The number of hydrogen-bond acceptors (Lipinski definition) is 8. The molecular formula is C27H22ClN9. The maximum atomic E-state index is 6.59. The van der Waals surface area contributed by atoms with Crippen LogP contribution in [0.3, 0.4) is 0 Å². The number of halogens is 1. The van der Waals surface area contributed by atoms with Crippen LogP contribution in [-0.2, 0) is 0 Å². The van der Waals surface area contributed by atoms with Crippen molar-refractivity contribution in [2.24, 2.45) is 0 Å². The molecule has 0 atom stereocenters. The molecule has 0 aliphatic carbocycles. The maximum absolute atomic E-state index is 6.59. The molecule has 0 unspecified atom stereocenters. The molecule has 0 bridgehead atoms. The Morgan fingerprint density at radius 1 is 0.811 bits per heavy atom. The second kappa shape index (κ2) is 9.36. The first-order valence-corrected chi connectivity index (χ1v) is 11.9. The van der Waals surface area contributed by atoms with Crippen molar-refractivity contribution < 1.29 is 0 Å². The van der Waals surface area contributed by atoms with Crippen LogP contribution in [0.15, 0.2) is 79.5 Å². The van der Waals surface area contributed by atoms with Crippen molar-refractivity contribution in [3.05, 3.63) is 84.5 Å². The number of H-pyrrole nitrogens is 1. The molecule has 6 rings (SSSR count). The number of rotatable bonds is 6. The van der Waals surface area contributed by atoms with Gasteiger partial charge in [-0.2, -0.15) is 5.10 Å². The summed E-state index contributed by atoms with van der Waals surface area (Å²) in [4.78, 5) is 20.0. The third-order valence-electron chi connectivity index (χ3n) is 6.06. The van der Waals surface area contributed by atoms with E-state index < -0.39 is 0 Å². The smallest absolute Gasteiger partial charge is 0.159 e. The highest BCUT2D eigenvalue weighted by molar-refractivity contribution is 6.32. The third kappa shape index (κ3) is 4.36. The molecule has 2 aromatic carbocycles. The standard InChI is InChI=1S/C27H22ClN9/c1-37(2)18-7-5-17(6-8-18)34-26-21-12-16(28)13-23(19(21)9-11-30-26)35-25-20(4-3-10-29-25)24-22-14-33-36-27(22)32-15-31-24/h3-15H,1-2H3,(H,29,35)(H,30,34)(H,31,32,33,36). The lowest BCUT2D eigenvalue weighted by Crippen LogP contribution is -2.08. The number of nitrogens with one attached hydrogen (secondary N) is 3. The third-order valence-corrected chi connectivity index (χ3v) is 6.27. The monoisotopic (exact) mass is 507 g/mol. The number of nitrogens with zero attached hydrogens (tertiary/aromatic N) is 6. The lowest BCUT2D eigenvalue weighted by molar-refractivity contribution is 1.09. The summed E-state index contributed by atoms with van der Waals surface area (Å²) in [7, 11) is 4.03. The molecule has 4 heterocycles. The van der Waals surface area contributed by atoms with Gasteiger partial charge in [-0.15, -0.1) is 0 Å². The van der Waals surface area contributed by atoms with E-state index in [1.54, 1.807) is 18.6 Å². The Morgan fingerprint density at radius 3 is 2.49 bits per heavy atom. The van der Waals surface area contributed by atoms with Gasteiger partial charge in [0, 0.05) is 64.9 Å². The number of aromatic nitrogens is 6. The van der Waals surface area contributed by atoms with Gasteiger partial charge in [-0.05, 0) is 54.6 Å². The van der Waals surface area contributed by atoms with E-state index in [2.05, 4.69) is 57.8 Å². The summed E-state index contributed by atoms with van der Waals surface area (Å²) < 4.78 is 0. The molecule has 0 fully saturated rings. The summed E-state index contributed by atoms with van der Waals surface area (Å²) in [5.74, 6) is 1.34. The molecule has 4 aromatic heterocycles. The minimum Gasteiger partial charge on any atom is -0.378 e. The van der Waals surface area contributed by atoms with Crippen LogP contribution < -0.4 is 15.5 Å². The molecule has 0 amide bonds. The van der Waals surface area contributed by atoms with Crippen molar-refractivity contribution in [2.45, 2.75) is 0 Å². The van der Waals surface area contributed by atoms with Gasteiger partial charge in [-0.1, -0.05) is 11.6 Å². The van der Waals surface area contributed by atoms with E-state index in [0.29, 0.717) is 22.3 Å². The SMILES string of the molecule is CN(C)c1ccc(Nc2nccc3c(Nc4ncccc4-c4ncnc5[nH]ncc45)cc(Cl)cc23)cc1. The van der Waals surface area contributed by atoms with Gasteiger partial charge in [0.05, 0.1) is 17.3 Å². The van der Waals surface area contributed by atoms with Gasteiger partial charge in [0.15, 0.2) is 5.65 Å². The highest BCUT2D eigenvalue weighted by Gasteiger charge is 2.15. The molecule has 6 aromatic rings. The summed E-state index contributed by atoms with van der Waals surface area (Å²) in [5, 5.41) is 17.1. The van der Waals surface area contributed by atoms with Crippen molar-refractivity contribution in [1.82, 2.24) is 30.1 Å². The quantitative estimate of drug-likeness (QED) is 0.245. The van der Waals surface area contributed by atoms with E-state index in [1.807, 2.05) is 56.6 Å². The van der Waals surface area contributed by atoms with Gasteiger partial charge in [-0.3, -0.25) is 5.10 Å². The fraction of sp³-hybridized carbons (Fsp3) is 0.0741. The fourth-order valence-electron chi connectivity index (χ4n) is 4.24. The second-order valence-electron chi connectivity index (χ2n) is 8.65. The highest BCUT2D eigenvalue weighted by Crippen LogP contribution is 2.37. The predicted molar refractivity (Wildman–Crippen MR) is 149 cm³/mol. The average molecular weight is 508 g/mol. The lowest BCUT2D eigenvalue weighted by atomic mass is 10.1. The number of benzene rings is 2. The normalized spacial score (nSPS) is 11.1. The van der Waals surface area contributed by atoms with Gasteiger partial charge in [-0.25, -0.2) is 19.9 Å². The zero-order valence-corrected chi connectivity index (χ0v) is 20.8. The number of hydrogen-bond donors (Lipinski definition) is 3. The Labute approximate surface area is 217 Å². The Morgan fingerprint density at radius 2 is 1.65 bits per heavy atom. The number of aromatic amines is 1. The first-order valence-electron chi connectivity index (χ1n) is 11.6. The van der Waals surface area contributed by atoms with Crippen molar-refractivity contribution in [3.8, 4) is 11.3 Å². The van der Waals surface area contributed by atoms with Crippen LogP contribution in [0, 0.1) is 0 Å². The zero-order valence-electron chi connectivity index (χ0n) is 20.1. The fourth-order valence-corrected chi connectivity index (χ4v) is 4.45.